The van der Waals surface area contributed by atoms with E-state index in [-0.39, 0.29) is 12.3 Å². The minimum absolute atomic E-state index is 0.0143. The summed E-state index contributed by atoms with van der Waals surface area (Å²) in [6, 6.07) is 4.89. The molecule has 2 N–H and O–H groups in total. The molecule has 0 saturated carbocycles. The summed E-state index contributed by atoms with van der Waals surface area (Å²) in [5, 5.41) is 30.5. The van der Waals surface area contributed by atoms with E-state index < -0.39 is 4.92 Å². The lowest BCUT2D eigenvalue weighted by atomic mass is 10.2. The summed E-state index contributed by atoms with van der Waals surface area (Å²) in [6.45, 7) is 2.55. The van der Waals surface area contributed by atoms with Gasteiger partial charge in [-0.25, -0.2) is 4.68 Å². The van der Waals surface area contributed by atoms with Crippen LogP contribution in [0.4, 0.5) is 11.4 Å². The number of rotatable bonds is 6. The number of nitro benzene ring substituents is 1. The molecule has 2 aromatic rings. The number of aliphatic hydroxyl groups excluding tert-OH is 1. The zero-order valence-corrected chi connectivity index (χ0v) is 11.0. The molecule has 2 rings (SSSR count). The quantitative estimate of drug-likeness (QED) is 0.605. The van der Waals surface area contributed by atoms with Gasteiger partial charge in [0.15, 0.2) is 0 Å². The van der Waals surface area contributed by atoms with Crippen LogP contribution in [0, 0.1) is 17.0 Å². The second kappa shape index (κ2) is 6.11. The molecule has 106 valence electrons. The maximum Gasteiger partial charge on any atom is 0.292 e. The van der Waals surface area contributed by atoms with Crippen LogP contribution in [0.5, 0.6) is 0 Å². The van der Waals surface area contributed by atoms with E-state index in [1.165, 1.54) is 10.7 Å². The van der Waals surface area contributed by atoms with E-state index >= 15 is 0 Å². The van der Waals surface area contributed by atoms with Gasteiger partial charge in [-0.3, -0.25) is 10.1 Å². The fourth-order valence-corrected chi connectivity index (χ4v) is 1.77. The molecule has 0 bridgehead atoms. The zero-order valence-electron chi connectivity index (χ0n) is 11.0. The molecular weight excluding hydrogens is 262 g/mol. The van der Waals surface area contributed by atoms with E-state index in [1.807, 2.05) is 6.92 Å². The molecular formula is C12H15N5O3. The molecule has 20 heavy (non-hydrogen) atoms. The molecule has 1 heterocycles. The molecule has 8 nitrogen and oxygen atoms in total. The third kappa shape index (κ3) is 3.29. The Labute approximate surface area is 115 Å². The van der Waals surface area contributed by atoms with Crippen LogP contribution in [0.15, 0.2) is 24.4 Å². The van der Waals surface area contributed by atoms with Crippen LogP contribution >= 0.6 is 0 Å². The number of anilines is 1. The SMILES string of the molecule is Cc1ccc([N+](=O)[O-])c(NCc2cn(CCO)nn2)c1. The summed E-state index contributed by atoms with van der Waals surface area (Å²) >= 11 is 0. The van der Waals surface area contributed by atoms with E-state index in [2.05, 4.69) is 15.6 Å². The fraction of sp³-hybridized carbons (Fsp3) is 0.333. The summed E-state index contributed by atoms with van der Waals surface area (Å²) in [7, 11) is 0. The van der Waals surface area contributed by atoms with Crippen molar-refractivity contribution in [3.05, 3.63) is 45.8 Å². The molecule has 0 aliphatic rings. The van der Waals surface area contributed by atoms with Crippen molar-refractivity contribution in [3.8, 4) is 0 Å². The van der Waals surface area contributed by atoms with Gasteiger partial charge in [0.25, 0.3) is 5.69 Å². The van der Waals surface area contributed by atoms with E-state index in [4.69, 9.17) is 5.11 Å². The van der Waals surface area contributed by atoms with Gasteiger partial charge in [0.2, 0.25) is 0 Å². The highest BCUT2D eigenvalue weighted by atomic mass is 16.6. The number of aryl methyl sites for hydroxylation is 1. The summed E-state index contributed by atoms with van der Waals surface area (Å²) in [5.74, 6) is 0. The minimum atomic E-state index is -0.426. The van der Waals surface area contributed by atoms with Gasteiger partial charge < -0.3 is 10.4 Å². The topological polar surface area (TPSA) is 106 Å². The van der Waals surface area contributed by atoms with Crippen molar-refractivity contribution in [1.29, 1.82) is 0 Å². The first kappa shape index (κ1) is 13.9. The maximum absolute atomic E-state index is 10.9. The first-order valence-corrected chi connectivity index (χ1v) is 6.09. The number of nitrogens with zero attached hydrogens (tertiary/aromatic N) is 4. The Morgan fingerprint density at radius 1 is 1.50 bits per heavy atom. The predicted molar refractivity (Wildman–Crippen MR) is 72.3 cm³/mol. The van der Waals surface area contributed by atoms with Gasteiger partial charge in [0, 0.05) is 6.07 Å². The maximum atomic E-state index is 10.9. The Morgan fingerprint density at radius 3 is 3.00 bits per heavy atom. The number of hydrogen-bond donors (Lipinski definition) is 2. The number of aliphatic hydroxyl groups is 1. The minimum Gasteiger partial charge on any atom is -0.394 e. The summed E-state index contributed by atoms with van der Waals surface area (Å²) in [6.07, 6.45) is 1.69. The first-order chi connectivity index (χ1) is 9.60. The number of aromatic nitrogens is 3. The van der Waals surface area contributed by atoms with Crippen LogP contribution in [0.3, 0.4) is 0 Å². The molecule has 0 atom stereocenters. The molecule has 0 amide bonds. The zero-order chi connectivity index (χ0) is 14.5. The van der Waals surface area contributed by atoms with Gasteiger partial charge in [0.05, 0.1) is 30.8 Å². The van der Waals surface area contributed by atoms with Crippen molar-refractivity contribution in [3.63, 3.8) is 0 Å². The summed E-state index contributed by atoms with van der Waals surface area (Å²) < 4.78 is 1.52. The van der Waals surface area contributed by atoms with Gasteiger partial charge in [-0.15, -0.1) is 5.10 Å². The average Bonchev–Trinajstić information content (AvgIpc) is 2.84. The van der Waals surface area contributed by atoms with Crippen molar-refractivity contribution in [1.82, 2.24) is 15.0 Å². The van der Waals surface area contributed by atoms with Crippen LogP contribution in [0.25, 0.3) is 0 Å². The monoisotopic (exact) mass is 277 g/mol. The van der Waals surface area contributed by atoms with Gasteiger partial charge >= 0.3 is 0 Å². The standard InChI is InChI=1S/C12H15N5O3/c1-9-2-3-12(17(19)20)11(6-9)13-7-10-8-16(4-5-18)15-14-10/h2-3,6,8,13,18H,4-5,7H2,1H3. The van der Waals surface area contributed by atoms with Crippen LogP contribution in [0.2, 0.25) is 0 Å². The van der Waals surface area contributed by atoms with Crippen LogP contribution in [0.1, 0.15) is 11.3 Å². The Hall–Kier alpha value is -2.48. The van der Waals surface area contributed by atoms with Crippen LogP contribution in [-0.4, -0.2) is 31.6 Å². The average molecular weight is 277 g/mol. The molecule has 0 fully saturated rings. The van der Waals surface area contributed by atoms with Gasteiger partial charge in [-0.1, -0.05) is 11.3 Å². The van der Waals surface area contributed by atoms with Crippen LogP contribution in [-0.2, 0) is 13.1 Å². The molecule has 0 radical (unpaired) electrons. The van der Waals surface area contributed by atoms with E-state index in [1.54, 1.807) is 18.3 Å². The highest BCUT2D eigenvalue weighted by Gasteiger charge is 2.13. The van der Waals surface area contributed by atoms with Crippen molar-refractivity contribution in [2.45, 2.75) is 20.0 Å². The lowest BCUT2D eigenvalue weighted by molar-refractivity contribution is -0.384. The molecule has 8 heteroatoms. The van der Waals surface area contributed by atoms with Crippen molar-refractivity contribution >= 4 is 11.4 Å². The largest absolute Gasteiger partial charge is 0.394 e. The molecule has 0 unspecified atom stereocenters. The third-order valence-corrected chi connectivity index (χ3v) is 2.72. The van der Waals surface area contributed by atoms with E-state index in [9.17, 15) is 10.1 Å². The molecule has 1 aromatic carbocycles. The normalized spacial score (nSPS) is 10.5. The summed E-state index contributed by atoms with van der Waals surface area (Å²) in [5.41, 5.74) is 2.06. The van der Waals surface area contributed by atoms with Gasteiger partial charge in [-0.05, 0) is 18.6 Å². The lowest BCUT2D eigenvalue weighted by Crippen LogP contribution is -2.03. The highest BCUT2D eigenvalue weighted by molar-refractivity contribution is 5.62. The van der Waals surface area contributed by atoms with Gasteiger partial charge in [0.1, 0.15) is 11.4 Å². The second-order valence-electron chi connectivity index (χ2n) is 4.33. The predicted octanol–water partition coefficient (Wildman–Crippen LogP) is 1.10. The molecule has 0 saturated heterocycles. The third-order valence-electron chi connectivity index (χ3n) is 2.72. The number of nitrogens with one attached hydrogen (secondary N) is 1. The van der Waals surface area contributed by atoms with Crippen LogP contribution < -0.4 is 5.32 Å². The second-order valence-corrected chi connectivity index (χ2v) is 4.33. The fourth-order valence-electron chi connectivity index (χ4n) is 1.77. The van der Waals surface area contributed by atoms with Crippen molar-refractivity contribution in [2.24, 2.45) is 0 Å². The molecule has 0 spiro atoms. The Morgan fingerprint density at radius 2 is 2.30 bits per heavy atom. The number of nitro groups is 1. The summed E-state index contributed by atoms with van der Waals surface area (Å²) in [4.78, 5) is 10.5. The molecule has 0 aliphatic carbocycles. The highest BCUT2D eigenvalue weighted by Crippen LogP contribution is 2.25. The molecule has 0 aliphatic heterocycles. The van der Waals surface area contributed by atoms with Gasteiger partial charge in [-0.2, -0.15) is 0 Å². The number of benzene rings is 1. The van der Waals surface area contributed by atoms with Crippen molar-refractivity contribution in [2.75, 3.05) is 11.9 Å². The lowest BCUT2D eigenvalue weighted by Gasteiger charge is -2.06. The first-order valence-electron chi connectivity index (χ1n) is 6.09. The Bertz CT molecular complexity index is 611. The number of hydrogen-bond acceptors (Lipinski definition) is 6. The Kier molecular flexibility index (Phi) is 4.26. The Balaban J connectivity index is 2.09. The van der Waals surface area contributed by atoms with E-state index in [0.29, 0.717) is 24.5 Å². The molecule has 1 aromatic heterocycles. The van der Waals surface area contributed by atoms with Crippen molar-refractivity contribution < 1.29 is 10.0 Å². The smallest absolute Gasteiger partial charge is 0.292 e. The van der Waals surface area contributed by atoms with E-state index in [0.717, 1.165) is 5.56 Å².